The molecule has 0 aliphatic rings. The molecule has 116 valence electrons. The fourth-order valence-electron chi connectivity index (χ4n) is 1.47. The van der Waals surface area contributed by atoms with E-state index in [9.17, 15) is 14.7 Å². The maximum absolute atomic E-state index is 11.7. The summed E-state index contributed by atoms with van der Waals surface area (Å²) in [6, 6.07) is -0.659. The molecule has 1 amide bonds. The van der Waals surface area contributed by atoms with Crippen LogP contribution in [0.4, 0.5) is 0 Å². The third kappa shape index (κ3) is 9.28. The summed E-state index contributed by atoms with van der Waals surface area (Å²) < 4.78 is 4.65. The fourth-order valence-corrected chi connectivity index (χ4v) is 2.09. The van der Waals surface area contributed by atoms with Crippen molar-refractivity contribution in [3.63, 3.8) is 0 Å². The number of thioether (sulfide) groups is 1. The van der Waals surface area contributed by atoms with Crippen molar-refractivity contribution < 1.29 is 19.4 Å². The number of methoxy groups -OCH3 is 1. The summed E-state index contributed by atoms with van der Waals surface area (Å²) in [5, 5.41) is 12.2. The van der Waals surface area contributed by atoms with Crippen LogP contribution in [0.15, 0.2) is 12.2 Å². The van der Waals surface area contributed by atoms with Crippen LogP contribution in [0.1, 0.15) is 19.3 Å². The van der Waals surface area contributed by atoms with Crippen LogP contribution in [0.25, 0.3) is 0 Å². The Kier molecular flexibility index (Phi) is 11.7. The second-order valence-electron chi connectivity index (χ2n) is 4.14. The number of ether oxygens (including phenoxy) is 1. The highest BCUT2D eigenvalue weighted by molar-refractivity contribution is 7.98. The predicted molar refractivity (Wildman–Crippen MR) is 85.2 cm³/mol. The Morgan fingerprint density at radius 1 is 1.50 bits per heavy atom. The van der Waals surface area contributed by atoms with Gasteiger partial charge in [-0.15, -0.1) is 0 Å². The second kappa shape index (κ2) is 12.1. The number of hydrogen-bond donors (Lipinski definition) is 3. The van der Waals surface area contributed by atoms with Gasteiger partial charge in [0, 0.05) is 0 Å². The van der Waals surface area contributed by atoms with Gasteiger partial charge in [-0.25, -0.2) is 4.79 Å². The van der Waals surface area contributed by atoms with E-state index in [1.54, 1.807) is 23.9 Å². The molecule has 1 unspecified atom stereocenters. The van der Waals surface area contributed by atoms with Gasteiger partial charge in [0.25, 0.3) is 0 Å². The Labute approximate surface area is 129 Å². The van der Waals surface area contributed by atoms with Crippen molar-refractivity contribution in [1.82, 2.24) is 5.32 Å². The van der Waals surface area contributed by atoms with Gasteiger partial charge >= 0.3 is 5.97 Å². The van der Waals surface area contributed by atoms with Crippen LogP contribution in [0.5, 0.6) is 0 Å². The van der Waals surface area contributed by atoms with Gasteiger partial charge in [0.2, 0.25) is 5.91 Å². The van der Waals surface area contributed by atoms with Crippen molar-refractivity contribution in [2.24, 2.45) is 0 Å². The van der Waals surface area contributed by atoms with Crippen LogP contribution in [-0.2, 0) is 14.3 Å². The van der Waals surface area contributed by atoms with Crippen LogP contribution in [0, 0.1) is 0 Å². The van der Waals surface area contributed by atoms with Crippen LogP contribution >= 0.6 is 24.4 Å². The molecule has 0 rings (SSSR count). The van der Waals surface area contributed by atoms with Crippen molar-refractivity contribution in [1.29, 1.82) is 0 Å². The topological polar surface area (TPSA) is 75.6 Å². The summed E-state index contributed by atoms with van der Waals surface area (Å²) in [7, 11) is 1.29. The molecule has 7 heteroatoms. The molecule has 0 heterocycles. The predicted octanol–water partition coefficient (Wildman–Crippen LogP) is 1.02. The van der Waals surface area contributed by atoms with E-state index in [0.29, 0.717) is 12.2 Å². The quantitative estimate of drug-likeness (QED) is 0.318. The average Bonchev–Trinajstić information content (AvgIpc) is 2.42. The molecule has 0 aromatic carbocycles. The third-order valence-electron chi connectivity index (χ3n) is 2.48. The Balaban J connectivity index is 4.26. The molecule has 0 fully saturated rings. The lowest BCUT2D eigenvalue weighted by Gasteiger charge is -2.16. The molecule has 0 saturated heterocycles. The lowest BCUT2D eigenvalue weighted by Crippen LogP contribution is -2.42. The van der Waals surface area contributed by atoms with Gasteiger partial charge in [0.1, 0.15) is 6.04 Å². The van der Waals surface area contributed by atoms with Gasteiger partial charge in [-0.1, -0.05) is 12.2 Å². The van der Waals surface area contributed by atoms with E-state index in [1.807, 2.05) is 6.26 Å². The minimum atomic E-state index is -0.853. The van der Waals surface area contributed by atoms with Crippen LogP contribution < -0.4 is 5.32 Å². The molecule has 5 nitrogen and oxygen atoms in total. The number of amides is 1. The molecule has 0 spiro atoms. The first-order chi connectivity index (χ1) is 9.54. The first-order valence-electron chi connectivity index (χ1n) is 6.36. The van der Waals surface area contributed by atoms with Gasteiger partial charge in [0.05, 0.1) is 19.6 Å². The SMILES string of the molecule is COC(=O)[C@H](CCSC)NC(=O)CC(O)/C=C/CCS. The number of esters is 1. The Morgan fingerprint density at radius 2 is 2.20 bits per heavy atom. The normalized spacial score (nSPS) is 14.0. The molecule has 0 aliphatic heterocycles. The molecule has 0 aromatic rings. The molecular weight excluding hydrogens is 298 g/mol. The standard InChI is InChI=1S/C13H23NO4S2/c1-18-13(17)11(6-8-20-2)14-12(16)9-10(15)5-3-4-7-19/h3,5,10-11,15,19H,4,6-9H2,1-2H3,(H,14,16)/b5-3+/t10?,11-/m0/s1. The summed E-state index contributed by atoms with van der Waals surface area (Å²) in [5.41, 5.74) is 0. The van der Waals surface area contributed by atoms with E-state index in [-0.39, 0.29) is 12.3 Å². The number of allylic oxidation sites excluding steroid dienone is 1. The van der Waals surface area contributed by atoms with Crippen molar-refractivity contribution in [3.8, 4) is 0 Å². The van der Waals surface area contributed by atoms with E-state index in [1.165, 1.54) is 7.11 Å². The molecule has 0 aromatic heterocycles. The maximum Gasteiger partial charge on any atom is 0.328 e. The largest absolute Gasteiger partial charge is 0.467 e. The molecule has 20 heavy (non-hydrogen) atoms. The lowest BCUT2D eigenvalue weighted by molar-refractivity contribution is -0.145. The van der Waals surface area contributed by atoms with Crippen molar-refractivity contribution in [3.05, 3.63) is 12.2 Å². The van der Waals surface area contributed by atoms with E-state index < -0.39 is 18.1 Å². The number of aliphatic hydroxyl groups is 1. The Hall–Kier alpha value is -0.660. The summed E-state index contributed by atoms with van der Waals surface area (Å²) >= 11 is 5.62. The molecule has 2 N–H and O–H groups in total. The van der Waals surface area contributed by atoms with Gasteiger partial charge in [-0.2, -0.15) is 24.4 Å². The van der Waals surface area contributed by atoms with E-state index in [4.69, 9.17) is 0 Å². The number of nitrogens with one attached hydrogen (secondary N) is 1. The summed E-state index contributed by atoms with van der Waals surface area (Å²) in [6.45, 7) is 0. The second-order valence-corrected chi connectivity index (χ2v) is 5.57. The number of carbonyl (C=O) groups is 2. The van der Waals surface area contributed by atoms with Crippen LogP contribution in [0.3, 0.4) is 0 Å². The highest BCUT2D eigenvalue weighted by Gasteiger charge is 2.21. The zero-order valence-electron chi connectivity index (χ0n) is 11.9. The van der Waals surface area contributed by atoms with Gasteiger partial charge < -0.3 is 15.2 Å². The molecule has 0 saturated carbocycles. The van der Waals surface area contributed by atoms with Crippen molar-refractivity contribution in [2.45, 2.75) is 31.4 Å². The highest BCUT2D eigenvalue weighted by Crippen LogP contribution is 2.04. The Bertz CT molecular complexity index is 323. The molecular formula is C13H23NO4S2. The van der Waals surface area contributed by atoms with Crippen molar-refractivity contribution >= 4 is 36.3 Å². The fraction of sp³-hybridized carbons (Fsp3) is 0.692. The minimum Gasteiger partial charge on any atom is -0.467 e. The highest BCUT2D eigenvalue weighted by atomic mass is 32.2. The van der Waals surface area contributed by atoms with Crippen LogP contribution in [0.2, 0.25) is 0 Å². The zero-order chi connectivity index (χ0) is 15.4. The van der Waals surface area contributed by atoms with Crippen molar-refractivity contribution in [2.75, 3.05) is 24.9 Å². The average molecular weight is 321 g/mol. The number of aliphatic hydroxyl groups excluding tert-OH is 1. The molecule has 0 aliphatic carbocycles. The minimum absolute atomic E-state index is 0.0736. The number of hydrogen-bond acceptors (Lipinski definition) is 6. The lowest BCUT2D eigenvalue weighted by atomic mass is 10.2. The van der Waals surface area contributed by atoms with Gasteiger partial charge in [-0.3, -0.25) is 4.79 Å². The maximum atomic E-state index is 11.7. The summed E-state index contributed by atoms with van der Waals surface area (Å²) in [5.74, 6) is 0.593. The smallest absolute Gasteiger partial charge is 0.328 e. The van der Waals surface area contributed by atoms with E-state index >= 15 is 0 Å². The Morgan fingerprint density at radius 3 is 2.75 bits per heavy atom. The van der Waals surface area contributed by atoms with Gasteiger partial charge in [-0.05, 0) is 30.6 Å². The summed E-state index contributed by atoms with van der Waals surface area (Å²) in [6.07, 6.45) is 5.57. The first kappa shape index (κ1) is 19.3. The number of thiol groups is 1. The third-order valence-corrected chi connectivity index (χ3v) is 3.38. The number of rotatable bonds is 10. The van der Waals surface area contributed by atoms with E-state index in [0.717, 1.165) is 12.2 Å². The molecule has 0 radical (unpaired) electrons. The van der Waals surface area contributed by atoms with E-state index in [2.05, 4.69) is 22.7 Å². The van der Waals surface area contributed by atoms with Crippen LogP contribution in [-0.4, -0.2) is 54.0 Å². The summed E-state index contributed by atoms with van der Waals surface area (Å²) in [4.78, 5) is 23.3. The van der Waals surface area contributed by atoms with Gasteiger partial charge in [0.15, 0.2) is 0 Å². The first-order valence-corrected chi connectivity index (χ1v) is 8.39. The monoisotopic (exact) mass is 321 g/mol. The number of carbonyl (C=O) groups excluding carboxylic acids is 2. The zero-order valence-corrected chi connectivity index (χ0v) is 13.6. The molecule has 2 atom stereocenters. The molecule has 0 bridgehead atoms.